The molecule has 0 fully saturated rings. The van der Waals surface area contributed by atoms with Crippen LogP contribution in [0.1, 0.15) is 21.5 Å². The van der Waals surface area contributed by atoms with E-state index >= 15 is 0 Å². The summed E-state index contributed by atoms with van der Waals surface area (Å²) in [4.78, 5) is 23.8. The number of aryl methyl sites for hydroxylation is 2. The number of carbonyl (C=O) groups is 1. The fourth-order valence-corrected chi connectivity index (χ4v) is 2.31. The van der Waals surface area contributed by atoms with E-state index in [-0.39, 0.29) is 11.3 Å². The normalized spacial score (nSPS) is 11.0. The van der Waals surface area contributed by atoms with Gasteiger partial charge >= 0.3 is 5.76 Å². The van der Waals surface area contributed by atoms with Crippen LogP contribution in [0.15, 0.2) is 45.6 Å². The number of hydrogen-bond acceptors (Lipinski definition) is 3. The molecule has 0 aliphatic heterocycles. The fraction of sp³-hybridized carbons (Fsp3) is 0.125. The Hall–Kier alpha value is -2.69. The summed E-state index contributed by atoms with van der Waals surface area (Å²) in [5, 5.41) is 0. The van der Waals surface area contributed by atoms with Crippen LogP contribution < -0.4 is 5.76 Å². The monoisotopic (exact) mass is 285 g/mol. The summed E-state index contributed by atoms with van der Waals surface area (Å²) in [6.45, 7) is 1.72. The lowest BCUT2D eigenvalue weighted by Gasteiger charge is -2.03. The Kier molecular flexibility index (Phi) is 2.97. The maximum atomic E-state index is 13.4. The minimum absolute atomic E-state index is 0.269. The zero-order valence-electron chi connectivity index (χ0n) is 11.5. The third kappa shape index (κ3) is 2.27. The van der Waals surface area contributed by atoms with Crippen molar-refractivity contribution in [3.8, 4) is 0 Å². The highest BCUT2D eigenvalue weighted by Gasteiger charge is 2.14. The topological polar surface area (TPSA) is 52.2 Å². The molecule has 0 amide bonds. The van der Waals surface area contributed by atoms with E-state index in [1.807, 2.05) is 0 Å². The zero-order chi connectivity index (χ0) is 15.1. The molecule has 0 aliphatic rings. The molecule has 106 valence electrons. The van der Waals surface area contributed by atoms with Crippen LogP contribution >= 0.6 is 0 Å². The minimum Gasteiger partial charge on any atom is -0.408 e. The number of aromatic nitrogens is 1. The Bertz CT molecular complexity index is 901. The van der Waals surface area contributed by atoms with Crippen molar-refractivity contribution >= 4 is 16.9 Å². The summed E-state index contributed by atoms with van der Waals surface area (Å²) in [6.07, 6.45) is 0. The van der Waals surface area contributed by atoms with Gasteiger partial charge in [-0.1, -0.05) is 0 Å². The van der Waals surface area contributed by atoms with Crippen molar-refractivity contribution < 1.29 is 13.6 Å². The summed E-state index contributed by atoms with van der Waals surface area (Å²) in [7, 11) is 1.59. The molecule has 0 saturated carbocycles. The molecule has 0 atom stereocenters. The van der Waals surface area contributed by atoms with Gasteiger partial charge in [0, 0.05) is 18.2 Å². The first-order chi connectivity index (χ1) is 9.95. The van der Waals surface area contributed by atoms with Crippen molar-refractivity contribution in [2.45, 2.75) is 6.92 Å². The van der Waals surface area contributed by atoms with Gasteiger partial charge in [-0.15, -0.1) is 0 Å². The summed E-state index contributed by atoms with van der Waals surface area (Å²) in [6, 6.07) is 8.91. The molecular weight excluding hydrogens is 273 g/mol. The first kappa shape index (κ1) is 13.3. The number of carbonyl (C=O) groups excluding carboxylic acids is 1. The molecule has 0 spiro atoms. The highest BCUT2D eigenvalue weighted by molar-refractivity contribution is 6.10. The number of halogens is 1. The molecule has 0 N–H and O–H groups in total. The quantitative estimate of drug-likeness (QED) is 0.680. The predicted molar refractivity (Wildman–Crippen MR) is 76.0 cm³/mol. The lowest BCUT2D eigenvalue weighted by Crippen LogP contribution is -2.08. The predicted octanol–water partition coefficient (Wildman–Crippen LogP) is 2.81. The minimum atomic E-state index is -0.490. The van der Waals surface area contributed by atoms with E-state index in [9.17, 15) is 14.0 Å². The van der Waals surface area contributed by atoms with Crippen molar-refractivity contribution in [2.24, 2.45) is 7.05 Å². The maximum absolute atomic E-state index is 13.4. The molecule has 0 saturated heterocycles. The van der Waals surface area contributed by atoms with Crippen LogP contribution in [-0.4, -0.2) is 10.4 Å². The van der Waals surface area contributed by atoms with Gasteiger partial charge in [-0.2, -0.15) is 0 Å². The van der Waals surface area contributed by atoms with Crippen LogP contribution in [0.3, 0.4) is 0 Å². The molecule has 2 aromatic carbocycles. The summed E-state index contributed by atoms with van der Waals surface area (Å²) < 4.78 is 19.8. The highest BCUT2D eigenvalue weighted by atomic mass is 19.1. The third-order valence-corrected chi connectivity index (χ3v) is 3.36. The second-order valence-electron chi connectivity index (χ2n) is 4.96. The molecule has 5 heteroatoms. The summed E-state index contributed by atoms with van der Waals surface area (Å²) in [5.74, 6) is -1.26. The standard InChI is InChI=1S/C16H12FNO3/c1-9-5-11(7-12(17)6-9)15(19)10-3-4-13-14(8-10)21-16(20)18(13)2/h3-8H,1-2H3. The molecule has 1 heterocycles. The number of nitrogens with zero attached hydrogens (tertiary/aromatic N) is 1. The Morgan fingerprint density at radius 1 is 1.14 bits per heavy atom. The van der Waals surface area contributed by atoms with Crippen LogP contribution in [0.2, 0.25) is 0 Å². The van der Waals surface area contributed by atoms with Crippen LogP contribution in [0, 0.1) is 12.7 Å². The van der Waals surface area contributed by atoms with E-state index < -0.39 is 11.6 Å². The van der Waals surface area contributed by atoms with E-state index in [2.05, 4.69) is 0 Å². The van der Waals surface area contributed by atoms with E-state index in [0.29, 0.717) is 22.2 Å². The van der Waals surface area contributed by atoms with Crippen LogP contribution in [-0.2, 0) is 7.05 Å². The molecule has 4 nitrogen and oxygen atoms in total. The fourth-order valence-electron chi connectivity index (χ4n) is 2.31. The maximum Gasteiger partial charge on any atom is 0.419 e. The number of oxazole rings is 1. The number of ketones is 1. The van der Waals surface area contributed by atoms with Gasteiger partial charge in [0.05, 0.1) is 5.52 Å². The van der Waals surface area contributed by atoms with Crippen LogP contribution in [0.5, 0.6) is 0 Å². The largest absolute Gasteiger partial charge is 0.419 e. The summed E-state index contributed by atoms with van der Waals surface area (Å²) >= 11 is 0. The van der Waals surface area contributed by atoms with Crippen molar-refractivity contribution in [3.63, 3.8) is 0 Å². The van der Waals surface area contributed by atoms with Gasteiger partial charge in [-0.25, -0.2) is 9.18 Å². The molecule has 0 bridgehead atoms. The first-order valence-electron chi connectivity index (χ1n) is 6.37. The zero-order valence-corrected chi connectivity index (χ0v) is 11.5. The van der Waals surface area contributed by atoms with Gasteiger partial charge in [0.25, 0.3) is 0 Å². The Balaban J connectivity index is 2.11. The summed E-state index contributed by atoms with van der Waals surface area (Å²) in [5.41, 5.74) is 2.23. The average Bonchev–Trinajstić information content (AvgIpc) is 2.71. The number of fused-ring (bicyclic) bond motifs is 1. The molecule has 3 aromatic rings. The van der Waals surface area contributed by atoms with Crippen molar-refractivity contribution in [1.82, 2.24) is 4.57 Å². The Morgan fingerprint density at radius 3 is 2.62 bits per heavy atom. The molecule has 0 aliphatic carbocycles. The average molecular weight is 285 g/mol. The molecule has 3 rings (SSSR count). The van der Waals surface area contributed by atoms with Gasteiger partial charge in [0.2, 0.25) is 0 Å². The third-order valence-electron chi connectivity index (χ3n) is 3.36. The van der Waals surface area contributed by atoms with E-state index in [4.69, 9.17) is 4.42 Å². The second-order valence-corrected chi connectivity index (χ2v) is 4.96. The van der Waals surface area contributed by atoms with Crippen molar-refractivity contribution in [1.29, 1.82) is 0 Å². The Labute approximate surface area is 119 Å². The molecule has 1 aromatic heterocycles. The van der Waals surface area contributed by atoms with Gasteiger partial charge in [0.1, 0.15) is 5.82 Å². The van der Waals surface area contributed by atoms with Crippen molar-refractivity contribution in [3.05, 3.63) is 69.5 Å². The lowest BCUT2D eigenvalue weighted by atomic mass is 10.0. The van der Waals surface area contributed by atoms with E-state index in [1.54, 1.807) is 32.2 Å². The lowest BCUT2D eigenvalue weighted by molar-refractivity contribution is 0.103. The van der Waals surface area contributed by atoms with E-state index in [1.165, 1.54) is 22.8 Å². The Morgan fingerprint density at radius 2 is 1.90 bits per heavy atom. The van der Waals surface area contributed by atoms with Crippen molar-refractivity contribution in [2.75, 3.05) is 0 Å². The van der Waals surface area contributed by atoms with Gasteiger partial charge in [-0.3, -0.25) is 9.36 Å². The highest BCUT2D eigenvalue weighted by Crippen LogP contribution is 2.18. The molecule has 0 unspecified atom stereocenters. The molecule has 21 heavy (non-hydrogen) atoms. The second kappa shape index (κ2) is 4.70. The molecule has 0 radical (unpaired) electrons. The SMILES string of the molecule is Cc1cc(F)cc(C(=O)c2ccc3c(c2)oc(=O)n3C)c1. The van der Waals surface area contributed by atoms with Gasteiger partial charge in [-0.05, 0) is 48.9 Å². The number of benzene rings is 2. The molecular formula is C16H12FNO3. The van der Waals surface area contributed by atoms with E-state index in [0.717, 1.165) is 0 Å². The van der Waals surface area contributed by atoms with Crippen LogP contribution in [0.25, 0.3) is 11.1 Å². The number of rotatable bonds is 2. The number of hydrogen-bond donors (Lipinski definition) is 0. The first-order valence-corrected chi connectivity index (χ1v) is 6.37. The van der Waals surface area contributed by atoms with Gasteiger partial charge < -0.3 is 4.42 Å². The van der Waals surface area contributed by atoms with Gasteiger partial charge in [0.15, 0.2) is 11.4 Å². The van der Waals surface area contributed by atoms with Crippen LogP contribution in [0.4, 0.5) is 4.39 Å². The smallest absolute Gasteiger partial charge is 0.408 e.